The smallest absolute Gasteiger partial charge is 0.272 e. The Hall–Kier alpha value is -2.63. The van der Waals surface area contributed by atoms with Crippen LogP contribution in [0.5, 0.6) is 0 Å². The van der Waals surface area contributed by atoms with E-state index in [9.17, 15) is 9.59 Å². The topological polar surface area (TPSA) is 58.4 Å². The highest BCUT2D eigenvalue weighted by Gasteiger charge is 2.23. The van der Waals surface area contributed by atoms with E-state index < -0.39 is 0 Å². The molecule has 2 heterocycles. The first kappa shape index (κ1) is 21.1. The van der Waals surface area contributed by atoms with Crippen molar-refractivity contribution >= 4 is 17.5 Å². The summed E-state index contributed by atoms with van der Waals surface area (Å²) in [6.45, 7) is 6.37. The molecule has 0 unspecified atom stereocenters. The minimum atomic E-state index is 0.0113. The van der Waals surface area contributed by atoms with Gasteiger partial charge in [-0.1, -0.05) is 44.4 Å². The summed E-state index contributed by atoms with van der Waals surface area (Å²) in [4.78, 5) is 29.5. The number of rotatable bonds is 3. The molecule has 6 heteroatoms. The van der Waals surface area contributed by atoms with Gasteiger partial charge in [0.05, 0.1) is 0 Å². The van der Waals surface area contributed by atoms with Gasteiger partial charge in [-0.05, 0) is 37.0 Å². The van der Waals surface area contributed by atoms with Crippen molar-refractivity contribution in [2.75, 3.05) is 18.0 Å². The fourth-order valence-electron chi connectivity index (χ4n) is 3.98. The fourth-order valence-corrected chi connectivity index (χ4v) is 3.98. The molecule has 1 aromatic heterocycles. The number of carbonyl (C=O) groups is 2. The second kappa shape index (κ2) is 10.2. The minimum absolute atomic E-state index is 0.0113. The predicted octanol–water partition coefficient (Wildman–Crippen LogP) is 4.25. The molecule has 1 aliphatic heterocycles. The molecule has 0 spiro atoms. The molecule has 29 heavy (non-hydrogen) atoms. The molecule has 2 aromatic rings. The van der Waals surface area contributed by atoms with E-state index in [0.717, 1.165) is 62.9 Å². The van der Waals surface area contributed by atoms with Gasteiger partial charge in [0.1, 0.15) is 5.69 Å². The van der Waals surface area contributed by atoms with Gasteiger partial charge in [-0.3, -0.25) is 14.3 Å². The molecule has 0 saturated heterocycles. The van der Waals surface area contributed by atoms with E-state index in [1.54, 1.807) is 17.8 Å². The summed E-state index contributed by atoms with van der Waals surface area (Å²) in [7, 11) is 0. The molecule has 0 saturated carbocycles. The lowest BCUT2D eigenvalue weighted by Crippen LogP contribution is -2.35. The first-order valence-electron chi connectivity index (χ1n) is 10.8. The minimum Gasteiger partial charge on any atom is -0.333 e. The number of fused-ring (bicyclic) bond motifs is 1. The SMILES string of the molecule is CCCn1nccc1C(=O)N1CCCCCCCN(C(C)=O)c2ccccc2C1. The first-order valence-corrected chi connectivity index (χ1v) is 10.8. The number of nitrogens with zero attached hydrogens (tertiary/aromatic N) is 4. The highest BCUT2D eigenvalue weighted by molar-refractivity contribution is 5.94. The van der Waals surface area contributed by atoms with Gasteiger partial charge in [-0.15, -0.1) is 0 Å². The summed E-state index contributed by atoms with van der Waals surface area (Å²) in [6.07, 6.45) is 7.95. The largest absolute Gasteiger partial charge is 0.333 e. The third-order valence-corrected chi connectivity index (χ3v) is 5.49. The number of benzene rings is 1. The third kappa shape index (κ3) is 5.25. The lowest BCUT2D eigenvalue weighted by Gasteiger charge is -2.29. The molecule has 2 amide bonds. The standard InChI is InChI=1S/C23H32N4O2/c1-3-15-27-22(13-14-24-27)23(29)25-16-9-5-4-6-10-17-26(19(2)28)21-12-8-7-11-20(21)18-25/h7-8,11-14H,3-6,9-10,15-18H2,1-2H3. The molecule has 156 valence electrons. The molecule has 0 bridgehead atoms. The van der Waals surface area contributed by atoms with Gasteiger partial charge in [0.2, 0.25) is 5.91 Å². The Labute approximate surface area is 173 Å². The van der Waals surface area contributed by atoms with E-state index in [2.05, 4.69) is 12.0 Å². The molecule has 1 aromatic carbocycles. The molecule has 3 rings (SSSR count). The molecule has 6 nitrogen and oxygen atoms in total. The molecular formula is C23H32N4O2. The van der Waals surface area contributed by atoms with Crippen molar-refractivity contribution in [3.8, 4) is 0 Å². The summed E-state index contributed by atoms with van der Waals surface area (Å²) in [5.74, 6) is 0.0607. The predicted molar refractivity (Wildman–Crippen MR) is 115 cm³/mol. The van der Waals surface area contributed by atoms with Crippen LogP contribution in [0, 0.1) is 0 Å². The summed E-state index contributed by atoms with van der Waals surface area (Å²) in [6, 6.07) is 9.77. The Morgan fingerprint density at radius 2 is 1.72 bits per heavy atom. The van der Waals surface area contributed by atoms with E-state index in [1.165, 1.54) is 0 Å². The third-order valence-electron chi connectivity index (χ3n) is 5.49. The van der Waals surface area contributed by atoms with Crippen LogP contribution in [0.3, 0.4) is 0 Å². The van der Waals surface area contributed by atoms with E-state index in [0.29, 0.717) is 18.8 Å². The Morgan fingerprint density at radius 3 is 2.48 bits per heavy atom. The van der Waals surface area contributed by atoms with Gasteiger partial charge < -0.3 is 9.80 Å². The van der Waals surface area contributed by atoms with Crippen LogP contribution < -0.4 is 4.90 Å². The Morgan fingerprint density at radius 1 is 1.00 bits per heavy atom. The second-order valence-corrected chi connectivity index (χ2v) is 7.73. The molecule has 0 atom stereocenters. The Bertz CT molecular complexity index is 830. The molecule has 1 aliphatic rings. The van der Waals surface area contributed by atoms with Gasteiger partial charge >= 0.3 is 0 Å². The highest BCUT2D eigenvalue weighted by Crippen LogP contribution is 2.25. The van der Waals surface area contributed by atoms with E-state index >= 15 is 0 Å². The second-order valence-electron chi connectivity index (χ2n) is 7.73. The number of para-hydroxylation sites is 1. The lowest BCUT2D eigenvalue weighted by atomic mass is 10.1. The molecule has 0 N–H and O–H groups in total. The quantitative estimate of drug-likeness (QED) is 0.779. The van der Waals surface area contributed by atoms with Crippen molar-refractivity contribution < 1.29 is 9.59 Å². The fraction of sp³-hybridized carbons (Fsp3) is 0.522. The zero-order chi connectivity index (χ0) is 20.6. The summed E-state index contributed by atoms with van der Waals surface area (Å²) < 4.78 is 1.80. The summed E-state index contributed by atoms with van der Waals surface area (Å²) in [5.41, 5.74) is 2.57. The maximum atomic E-state index is 13.4. The van der Waals surface area contributed by atoms with Crippen LogP contribution >= 0.6 is 0 Å². The maximum absolute atomic E-state index is 13.4. The maximum Gasteiger partial charge on any atom is 0.272 e. The van der Waals surface area contributed by atoms with E-state index in [1.807, 2.05) is 40.1 Å². The highest BCUT2D eigenvalue weighted by atomic mass is 16.2. The van der Waals surface area contributed by atoms with Crippen LogP contribution in [0.15, 0.2) is 36.5 Å². The van der Waals surface area contributed by atoms with E-state index in [4.69, 9.17) is 0 Å². The van der Waals surface area contributed by atoms with Crippen LogP contribution in [0.2, 0.25) is 0 Å². The average Bonchev–Trinajstić information content (AvgIpc) is 3.16. The van der Waals surface area contributed by atoms with E-state index in [-0.39, 0.29) is 11.8 Å². The molecule has 0 fully saturated rings. The van der Waals surface area contributed by atoms with Gasteiger partial charge in [0.25, 0.3) is 5.91 Å². The molecule has 0 radical (unpaired) electrons. The monoisotopic (exact) mass is 396 g/mol. The van der Waals surface area contributed by atoms with Gasteiger partial charge in [0.15, 0.2) is 0 Å². The summed E-state index contributed by atoms with van der Waals surface area (Å²) in [5, 5.41) is 4.32. The zero-order valence-corrected chi connectivity index (χ0v) is 17.6. The van der Waals surface area contributed by atoms with Crippen LogP contribution in [0.4, 0.5) is 5.69 Å². The number of hydrogen-bond donors (Lipinski definition) is 0. The molecular weight excluding hydrogens is 364 g/mol. The number of amides is 2. The normalized spacial score (nSPS) is 15.9. The van der Waals surface area contributed by atoms with Crippen molar-refractivity contribution in [3.63, 3.8) is 0 Å². The first-order chi connectivity index (χ1) is 14.1. The van der Waals surface area contributed by atoms with Crippen LogP contribution in [-0.4, -0.2) is 39.6 Å². The zero-order valence-electron chi connectivity index (χ0n) is 17.6. The van der Waals surface area contributed by atoms with Crippen LogP contribution in [0.25, 0.3) is 0 Å². The van der Waals surface area contributed by atoms with Crippen LogP contribution in [-0.2, 0) is 17.9 Å². The molecule has 0 aliphatic carbocycles. The summed E-state index contributed by atoms with van der Waals surface area (Å²) >= 11 is 0. The number of aromatic nitrogens is 2. The van der Waals surface area contributed by atoms with Gasteiger partial charge in [0, 0.05) is 45.0 Å². The number of anilines is 1. The van der Waals surface area contributed by atoms with Crippen molar-refractivity contribution in [1.82, 2.24) is 14.7 Å². The van der Waals surface area contributed by atoms with Gasteiger partial charge in [-0.25, -0.2) is 0 Å². The van der Waals surface area contributed by atoms with Gasteiger partial charge in [-0.2, -0.15) is 5.10 Å². The number of carbonyl (C=O) groups excluding carboxylic acids is 2. The average molecular weight is 397 g/mol. The van der Waals surface area contributed by atoms with Crippen molar-refractivity contribution in [2.45, 2.75) is 65.5 Å². The Balaban J connectivity index is 1.93. The Kier molecular flexibility index (Phi) is 7.44. The van der Waals surface area contributed by atoms with Crippen molar-refractivity contribution in [1.29, 1.82) is 0 Å². The number of hydrogen-bond acceptors (Lipinski definition) is 3. The lowest BCUT2D eigenvalue weighted by molar-refractivity contribution is -0.116. The van der Waals surface area contributed by atoms with Crippen molar-refractivity contribution in [2.24, 2.45) is 0 Å². The van der Waals surface area contributed by atoms with Crippen LogP contribution in [0.1, 0.15) is 68.4 Å². The number of aryl methyl sites for hydroxylation is 1. The van der Waals surface area contributed by atoms with Crippen molar-refractivity contribution in [3.05, 3.63) is 47.8 Å².